The molecule has 1 aromatic heterocycles. The number of thiocarbonyl (C=S) groups is 1. The molecule has 33 heavy (non-hydrogen) atoms. The first-order chi connectivity index (χ1) is 15.2. The first-order valence-electron chi connectivity index (χ1n) is 8.71. The third-order valence-electron chi connectivity index (χ3n) is 4.10. The average molecular weight is 527 g/mol. The van der Waals surface area contributed by atoms with Crippen molar-refractivity contribution in [2.45, 2.75) is 12.4 Å². The molecular formula is C20H10Cl2F6N2O2S. The van der Waals surface area contributed by atoms with Crippen LogP contribution in [0, 0.1) is 0 Å². The standard InChI is InChI=1S/C20H10Cl2F6N2O2S/c21-11-1-2-13(14(22)8-11)15-3-4-16(32-15)17(31)30-18(33)29-12-6-9(19(23,24)25)5-10(7-12)20(26,27)28/h1-8H,(H2,29,30,31,33). The molecule has 2 aromatic carbocycles. The minimum absolute atomic E-state index is 0.0287. The molecule has 174 valence electrons. The summed E-state index contributed by atoms with van der Waals surface area (Å²) in [5.74, 6) is -0.916. The number of hydrogen-bond donors (Lipinski definition) is 2. The summed E-state index contributed by atoms with van der Waals surface area (Å²) in [6.45, 7) is 0. The van der Waals surface area contributed by atoms with Crippen LogP contribution in [-0.4, -0.2) is 11.0 Å². The SMILES string of the molecule is O=C(NC(=S)Nc1cc(C(F)(F)F)cc(C(F)(F)F)c1)c1ccc(-c2ccc(Cl)cc2Cl)o1. The molecule has 0 radical (unpaired) electrons. The van der Waals surface area contributed by atoms with Gasteiger partial charge in [-0.2, -0.15) is 26.3 Å². The van der Waals surface area contributed by atoms with Crippen molar-refractivity contribution in [1.82, 2.24) is 5.32 Å². The predicted octanol–water partition coefficient (Wildman–Crippen LogP) is 7.42. The summed E-state index contributed by atoms with van der Waals surface area (Å²) in [6.07, 6.45) is -10.1. The molecule has 4 nitrogen and oxygen atoms in total. The van der Waals surface area contributed by atoms with Gasteiger partial charge in [0.05, 0.1) is 16.1 Å². The van der Waals surface area contributed by atoms with Gasteiger partial charge in [0.1, 0.15) is 5.76 Å². The van der Waals surface area contributed by atoms with E-state index >= 15 is 0 Å². The van der Waals surface area contributed by atoms with Gasteiger partial charge in [-0.05, 0) is 60.7 Å². The molecule has 0 spiro atoms. The second-order valence-corrected chi connectivity index (χ2v) is 7.74. The van der Waals surface area contributed by atoms with Crippen molar-refractivity contribution in [2.24, 2.45) is 0 Å². The highest BCUT2D eigenvalue weighted by atomic mass is 35.5. The van der Waals surface area contributed by atoms with Crippen LogP contribution in [0.4, 0.5) is 32.0 Å². The van der Waals surface area contributed by atoms with Crippen molar-refractivity contribution in [3.8, 4) is 11.3 Å². The molecule has 0 aliphatic rings. The van der Waals surface area contributed by atoms with E-state index in [2.05, 4.69) is 10.6 Å². The van der Waals surface area contributed by atoms with Gasteiger partial charge in [-0.15, -0.1) is 0 Å². The van der Waals surface area contributed by atoms with Gasteiger partial charge in [0, 0.05) is 16.3 Å². The van der Waals surface area contributed by atoms with Gasteiger partial charge in [-0.25, -0.2) is 0 Å². The van der Waals surface area contributed by atoms with Crippen LogP contribution >= 0.6 is 35.4 Å². The summed E-state index contributed by atoms with van der Waals surface area (Å²) >= 11 is 16.7. The third-order valence-corrected chi connectivity index (χ3v) is 4.85. The Hall–Kier alpha value is -2.76. The van der Waals surface area contributed by atoms with Crippen molar-refractivity contribution in [1.29, 1.82) is 0 Å². The van der Waals surface area contributed by atoms with Gasteiger partial charge >= 0.3 is 12.4 Å². The lowest BCUT2D eigenvalue weighted by atomic mass is 10.1. The van der Waals surface area contributed by atoms with Gasteiger partial charge in [0.25, 0.3) is 5.91 Å². The van der Waals surface area contributed by atoms with Crippen LogP contribution in [0.3, 0.4) is 0 Å². The molecule has 0 atom stereocenters. The second-order valence-electron chi connectivity index (χ2n) is 6.49. The quantitative estimate of drug-likeness (QED) is 0.275. The lowest BCUT2D eigenvalue weighted by Gasteiger charge is -2.15. The van der Waals surface area contributed by atoms with E-state index in [1.54, 1.807) is 12.1 Å². The molecule has 3 rings (SSSR count). The van der Waals surface area contributed by atoms with Crippen LogP contribution in [0.5, 0.6) is 0 Å². The molecule has 0 saturated heterocycles. The highest BCUT2D eigenvalue weighted by molar-refractivity contribution is 7.80. The first kappa shape index (κ1) is 24.9. The molecule has 0 saturated carbocycles. The molecule has 0 aliphatic heterocycles. The second kappa shape index (κ2) is 9.24. The van der Waals surface area contributed by atoms with Crippen LogP contribution < -0.4 is 10.6 Å². The number of amides is 1. The zero-order chi connectivity index (χ0) is 24.6. The Balaban J connectivity index is 1.76. The fraction of sp³-hybridized carbons (Fsp3) is 0.100. The van der Waals surface area contributed by atoms with Crippen molar-refractivity contribution in [3.05, 3.63) is 75.5 Å². The number of benzene rings is 2. The Labute approximate surface area is 197 Å². The lowest BCUT2D eigenvalue weighted by Crippen LogP contribution is -2.34. The number of carbonyl (C=O) groups excluding carboxylic acids is 1. The number of anilines is 1. The fourth-order valence-electron chi connectivity index (χ4n) is 2.65. The number of hydrogen-bond acceptors (Lipinski definition) is 3. The van der Waals surface area contributed by atoms with Gasteiger partial charge in [-0.1, -0.05) is 23.2 Å². The van der Waals surface area contributed by atoms with Crippen molar-refractivity contribution < 1.29 is 35.6 Å². The minimum atomic E-state index is -5.03. The Morgan fingerprint density at radius 1 is 0.879 bits per heavy atom. The molecule has 3 aromatic rings. The molecule has 0 fully saturated rings. The average Bonchev–Trinajstić information content (AvgIpc) is 3.16. The highest BCUT2D eigenvalue weighted by Crippen LogP contribution is 2.37. The first-order valence-corrected chi connectivity index (χ1v) is 9.87. The Bertz CT molecular complexity index is 1190. The molecule has 1 heterocycles. The summed E-state index contributed by atoms with van der Waals surface area (Å²) in [5.41, 5.74) is -3.26. The number of carbonyl (C=O) groups is 1. The normalized spacial score (nSPS) is 11.9. The summed E-state index contributed by atoms with van der Waals surface area (Å²) in [5, 5.41) is 4.36. The Morgan fingerprint density at radius 2 is 1.48 bits per heavy atom. The topological polar surface area (TPSA) is 54.3 Å². The molecule has 13 heteroatoms. The van der Waals surface area contributed by atoms with Crippen LogP contribution in [0.2, 0.25) is 10.0 Å². The fourth-order valence-corrected chi connectivity index (χ4v) is 3.36. The van der Waals surface area contributed by atoms with E-state index < -0.39 is 40.2 Å². The molecule has 1 amide bonds. The van der Waals surface area contributed by atoms with Crippen molar-refractivity contribution in [3.63, 3.8) is 0 Å². The number of alkyl halides is 6. The molecule has 0 bridgehead atoms. The minimum Gasteiger partial charge on any atom is -0.451 e. The van der Waals surface area contributed by atoms with E-state index in [9.17, 15) is 31.1 Å². The van der Waals surface area contributed by atoms with Crippen molar-refractivity contribution >= 4 is 52.1 Å². The number of halogens is 8. The van der Waals surface area contributed by atoms with Gasteiger partial charge in [0.2, 0.25) is 0 Å². The van der Waals surface area contributed by atoms with Crippen LogP contribution in [0.15, 0.2) is 52.9 Å². The maximum atomic E-state index is 13.0. The van der Waals surface area contributed by atoms with Crippen LogP contribution in [-0.2, 0) is 12.4 Å². The lowest BCUT2D eigenvalue weighted by molar-refractivity contribution is -0.143. The van der Waals surface area contributed by atoms with Gasteiger partial charge in [-0.3, -0.25) is 10.1 Å². The van der Waals surface area contributed by atoms with E-state index in [-0.39, 0.29) is 22.6 Å². The van der Waals surface area contributed by atoms with E-state index in [0.717, 1.165) is 0 Å². The van der Waals surface area contributed by atoms with E-state index in [1.807, 2.05) is 0 Å². The summed E-state index contributed by atoms with van der Waals surface area (Å²) in [6, 6.07) is 8.12. The smallest absolute Gasteiger partial charge is 0.416 e. The summed E-state index contributed by atoms with van der Waals surface area (Å²) in [7, 11) is 0. The molecule has 0 aliphatic carbocycles. The summed E-state index contributed by atoms with van der Waals surface area (Å²) in [4.78, 5) is 12.3. The zero-order valence-corrected chi connectivity index (χ0v) is 18.2. The van der Waals surface area contributed by atoms with E-state index in [0.29, 0.717) is 22.7 Å². The molecule has 2 N–H and O–H groups in total. The zero-order valence-electron chi connectivity index (χ0n) is 15.9. The number of rotatable bonds is 3. The maximum absolute atomic E-state index is 13.0. The number of furan rings is 1. The predicted molar refractivity (Wildman–Crippen MR) is 114 cm³/mol. The number of nitrogens with one attached hydrogen (secondary N) is 2. The van der Waals surface area contributed by atoms with Crippen LogP contribution in [0.1, 0.15) is 21.7 Å². The van der Waals surface area contributed by atoms with E-state index in [1.165, 1.54) is 18.2 Å². The third kappa shape index (κ3) is 6.18. The molecule has 0 unspecified atom stereocenters. The van der Waals surface area contributed by atoms with E-state index in [4.69, 9.17) is 39.8 Å². The van der Waals surface area contributed by atoms with Crippen LogP contribution in [0.25, 0.3) is 11.3 Å². The molecular weight excluding hydrogens is 517 g/mol. The maximum Gasteiger partial charge on any atom is 0.416 e. The van der Waals surface area contributed by atoms with Crippen molar-refractivity contribution in [2.75, 3.05) is 5.32 Å². The van der Waals surface area contributed by atoms with Gasteiger partial charge < -0.3 is 9.73 Å². The van der Waals surface area contributed by atoms with Gasteiger partial charge in [0.15, 0.2) is 10.9 Å². The monoisotopic (exact) mass is 526 g/mol. The highest BCUT2D eigenvalue weighted by Gasteiger charge is 2.37. The Morgan fingerprint density at radius 3 is 2.03 bits per heavy atom. The summed E-state index contributed by atoms with van der Waals surface area (Å²) < 4.78 is 83.2. The Kier molecular flexibility index (Phi) is 6.96. The largest absolute Gasteiger partial charge is 0.451 e.